The van der Waals surface area contributed by atoms with Gasteiger partial charge in [-0.2, -0.15) is 5.10 Å². The number of rotatable bonds is 6. The monoisotopic (exact) mass is 511 g/mol. The Morgan fingerprint density at radius 3 is 2.72 bits per heavy atom. The summed E-state index contributed by atoms with van der Waals surface area (Å²) in [6.07, 6.45) is 2.50. The van der Waals surface area contributed by atoms with Crippen LogP contribution in [0.4, 0.5) is 0 Å². The summed E-state index contributed by atoms with van der Waals surface area (Å²) in [7, 11) is 1.98. The van der Waals surface area contributed by atoms with Crippen molar-refractivity contribution in [1.82, 2.24) is 20.4 Å². The maximum Gasteiger partial charge on any atom is 0.191 e. The predicted octanol–water partition coefficient (Wildman–Crippen LogP) is 2.98. The maximum absolute atomic E-state index is 11.1. The van der Waals surface area contributed by atoms with Gasteiger partial charge in [0.2, 0.25) is 0 Å². The van der Waals surface area contributed by atoms with Crippen molar-refractivity contribution in [2.45, 2.75) is 58.6 Å². The van der Waals surface area contributed by atoms with E-state index in [0.717, 1.165) is 43.0 Å². The highest BCUT2D eigenvalue weighted by Gasteiger charge is 2.36. The number of nitrogens with one attached hydrogen (secondary N) is 2. The highest BCUT2D eigenvalue weighted by atomic mass is 127. The smallest absolute Gasteiger partial charge is 0.191 e. The number of benzene rings is 1. The number of nitrogens with zero attached hydrogens (tertiary/aromatic N) is 3. The molecule has 0 saturated heterocycles. The van der Waals surface area contributed by atoms with Crippen molar-refractivity contribution in [1.29, 1.82) is 0 Å². The SMILES string of the molecule is CCNC(=NCC1(O)CCc2ccccc21)NC(C)Cc1c(C)nn(C)c1C.I. The first-order valence-electron chi connectivity index (χ1n) is 10.2. The van der Waals surface area contributed by atoms with E-state index in [0.29, 0.717) is 6.54 Å². The molecule has 7 heteroatoms. The number of halogens is 1. The lowest BCUT2D eigenvalue weighted by molar-refractivity contribution is 0.0485. The van der Waals surface area contributed by atoms with Crippen molar-refractivity contribution < 1.29 is 5.11 Å². The molecule has 0 amide bonds. The molecule has 29 heavy (non-hydrogen) atoms. The molecule has 0 bridgehead atoms. The van der Waals surface area contributed by atoms with E-state index in [9.17, 15) is 5.11 Å². The van der Waals surface area contributed by atoms with Crippen LogP contribution in [0.5, 0.6) is 0 Å². The molecular weight excluding hydrogens is 477 g/mol. The first-order valence-corrected chi connectivity index (χ1v) is 10.2. The number of hydrogen-bond donors (Lipinski definition) is 3. The fourth-order valence-electron chi connectivity index (χ4n) is 4.07. The second-order valence-electron chi connectivity index (χ2n) is 7.91. The fraction of sp³-hybridized carbons (Fsp3) is 0.545. The highest BCUT2D eigenvalue weighted by Crippen LogP contribution is 2.36. The molecule has 0 saturated carbocycles. The van der Waals surface area contributed by atoms with Crippen LogP contribution < -0.4 is 10.6 Å². The van der Waals surface area contributed by atoms with E-state index in [1.165, 1.54) is 16.8 Å². The van der Waals surface area contributed by atoms with Gasteiger partial charge in [0.25, 0.3) is 0 Å². The van der Waals surface area contributed by atoms with Crippen molar-refractivity contribution in [2.24, 2.45) is 12.0 Å². The molecule has 1 aliphatic carbocycles. The average Bonchev–Trinajstić information content (AvgIpc) is 3.12. The van der Waals surface area contributed by atoms with Crippen LogP contribution >= 0.6 is 24.0 Å². The minimum atomic E-state index is -0.876. The number of guanidine groups is 1. The zero-order chi connectivity index (χ0) is 20.3. The number of aromatic nitrogens is 2. The lowest BCUT2D eigenvalue weighted by Crippen LogP contribution is -2.44. The van der Waals surface area contributed by atoms with Gasteiger partial charge in [-0.05, 0) is 63.6 Å². The molecule has 3 N–H and O–H groups in total. The summed E-state index contributed by atoms with van der Waals surface area (Å²) in [6.45, 7) is 9.50. The van der Waals surface area contributed by atoms with Crippen LogP contribution in [0.1, 0.15) is 48.3 Å². The first kappa shape index (κ1) is 23.7. The van der Waals surface area contributed by atoms with Crippen molar-refractivity contribution in [3.63, 3.8) is 0 Å². The zero-order valence-corrected chi connectivity index (χ0v) is 20.4. The quantitative estimate of drug-likeness (QED) is 0.317. The van der Waals surface area contributed by atoms with Crippen LogP contribution in [0.3, 0.4) is 0 Å². The first-order chi connectivity index (χ1) is 13.3. The van der Waals surface area contributed by atoms with Gasteiger partial charge in [-0.15, -0.1) is 24.0 Å². The minimum absolute atomic E-state index is 0. The van der Waals surface area contributed by atoms with Crippen molar-refractivity contribution in [3.05, 3.63) is 52.3 Å². The Bertz CT molecular complexity index is 863. The maximum atomic E-state index is 11.1. The number of hydrogen-bond acceptors (Lipinski definition) is 3. The zero-order valence-electron chi connectivity index (χ0n) is 18.1. The van der Waals surface area contributed by atoms with Gasteiger partial charge in [-0.25, -0.2) is 4.99 Å². The van der Waals surface area contributed by atoms with E-state index in [1.54, 1.807) is 0 Å². The van der Waals surface area contributed by atoms with Gasteiger partial charge in [-0.3, -0.25) is 4.68 Å². The van der Waals surface area contributed by atoms with Crippen molar-refractivity contribution in [2.75, 3.05) is 13.1 Å². The van der Waals surface area contributed by atoms with E-state index in [4.69, 9.17) is 4.99 Å². The molecule has 1 aliphatic rings. The normalized spacial score (nSPS) is 19.4. The Kier molecular flexibility index (Phi) is 8.10. The lowest BCUT2D eigenvalue weighted by Gasteiger charge is -2.24. The molecule has 2 aromatic rings. The Morgan fingerprint density at radius 2 is 2.07 bits per heavy atom. The second-order valence-corrected chi connectivity index (χ2v) is 7.91. The summed E-state index contributed by atoms with van der Waals surface area (Å²) in [5.41, 5.74) is 4.93. The van der Waals surface area contributed by atoms with Crippen molar-refractivity contribution >= 4 is 29.9 Å². The molecule has 0 radical (unpaired) electrons. The molecule has 2 atom stereocenters. The van der Waals surface area contributed by atoms with Gasteiger partial charge in [0, 0.05) is 25.3 Å². The summed E-state index contributed by atoms with van der Waals surface area (Å²) >= 11 is 0. The molecule has 1 aromatic heterocycles. The number of fused-ring (bicyclic) bond motifs is 1. The van der Waals surface area contributed by atoms with Gasteiger partial charge < -0.3 is 15.7 Å². The third kappa shape index (κ3) is 5.31. The Balaban J connectivity index is 0.00000300. The third-order valence-corrected chi connectivity index (χ3v) is 5.72. The minimum Gasteiger partial charge on any atom is -0.383 e. The summed E-state index contributed by atoms with van der Waals surface area (Å²) in [4.78, 5) is 4.72. The summed E-state index contributed by atoms with van der Waals surface area (Å²) in [5, 5.41) is 22.4. The van der Waals surface area contributed by atoms with Gasteiger partial charge in [0.1, 0.15) is 5.60 Å². The van der Waals surface area contributed by atoms with E-state index in [1.807, 2.05) is 29.9 Å². The largest absolute Gasteiger partial charge is 0.383 e. The highest BCUT2D eigenvalue weighted by molar-refractivity contribution is 14.0. The molecule has 2 unspecified atom stereocenters. The summed E-state index contributed by atoms with van der Waals surface area (Å²) in [5.74, 6) is 0.743. The van der Waals surface area contributed by atoms with Crippen LogP contribution in [-0.2, 0) is 25.5 Å². The number of aliphatic hydroxyl groups is 1. The molecular formula is C22H34IN5O. The lowest BCUT2D eigenvalue weighted by atomic mass is 9.96. The second kappa shape index (κ2) is 9.93. The van der Waals surface area contributed by atoms with E-state index in [-0.39, 0.29) is 30.0 Å². The van der Waals surface area contributed by atoms with E-state index >= 15 is 0 Å². The molecule has 160 valence electrons. The van der Waals surface area contributed by atoms with E-state index < -0.39 is 5.60 Å². The van der Waals surface area contributed by atoms with Crippen LogP contribution in [0, 0.1) is 13.8 Å². The van der Waals surface area contributed by atoms with Gasteiger partial charge in [0.15, 0.2) is 5.96 Å². The Hall–Kier alpha value is -1.61. The Morgan fingerprint density at radius 1 is 1.34 bits per heavy atom. The average molecular weight is 511 g/mol. The molecule has 1 heterocycles. The molecule has 0 fully saturated rings. The van der Waals surface area contributed by atoms with Gasteiger partial charge >= 0.3 is 0 Å². The summed E-state index contributed by atoms with van der Waals surface area (Å²) in [6, 6.07) is 8.34. The molecule has 6 nitrogen and oxygen atoms in total. The Labute approximate surface area is 191 Å². The number of aryl methyl sites for hydroxylation is 3. The van der Waals surface area contributed by atoms with Crippen LogP contribution in [-0.4, -0.2) is 40.0 Å². The topological polar surface area (TPSA) is 74.5 Å². The standard InChI is InChI=1S/C22H33N5O.HI/c1-6-23-21(25-15(2)13-19-16(3)26-27(5)17(19)4)24-14-22(28)12-11-18-9-7-8-10-20(18)22;/h7-10,15,28H,6,11-14H2,1-5H3,(H2,23,24,25);1H. The third-order valence-electron chi connectivity index (χ3n) is 5.72. The molecule has 0 spiro atoms. The van der Waals surface area contributed by atoms with Crippen LogP contribution in [0.15, 0.2) is 29.3 Å². The summed E-state index contributed by atoms with van der Waals surface area (Å²) < 4.78 is 1.93. The predicted molar refractivity (Wildman–Crippen MR) is 129 cm³/mol. The molecule has 1 aromatic carbocycles. The molecule has 0 aliphatic heterocycles. The number of aliphatic imine (C=N–C) groups is 1. The van der Waals surface area contributed by atoms with Crippen LogP contribution in [0.2, 0.25) is 0 Å². The molecule has 3 rings (SSSR count). The van der Waals surface area contributed by atoms with Gasteiger partial charge in [0.05, 0.1) is 12.2 Å². The van der Waals surface area contributed by atoms with Gasteiger partial charge in [-0.1, -0.05) is 24.3 Å². The van der Waals surface area contributed by atoms with Crippen molar-refractivity contribution in [3.8, 4) is 0 Å². The fourth-order valence-corrected chi connectivity index (χ4v) is 4.07. The van der Waals surface area contributed by atoms with E-state index in [2.05, 4.69) is 49.5 Å². The van der Waals surface area contributed by atoms with Crippen LogP contribution in [0.25, 0.3) is 0 Å².